The number of carbonyl (C=O) groups excluding carboxylic acids is 2. The minimum absolute atomic E-state index is 0.173. The molecule has 8 heteroatoms. The number of benzene rings is 3. The van der Waals surface area contributed by atoms with E-state index >= 15 is 0 Å². The average molecular weight is 470 g/mol. The number of anilines is 1. The fourth-order valence-corrected chi connectivity index (χ4v) is 4.06. The Hall–Kier alpha value is -3.71. The number of carbonyl (C=O) groups is 2. The summed E-state index contributed by atoms with van der Waals surface area (Å²) in [4.78, 5) is 27.0. The molecule has 1 amide bonds. The van der Waals surface area contributed by atoms with Crippen LogP contribution < -0.4 is 9.64 Å². The first-order valence-electron chi connectivity index (χ1n) is 9.89. The van der Waals surface area contributed by atoms with Crippen LogP contribution in [0.25, 0.3) is 5.76 Å². The molecule has 1 unspecified atom stereocenters. The second-order valence-electron chi connectivity index (χ2n) is 7.53. The monoisotopic (exact) mass is 469 g/mol. The van der Waals surface area contributed by atoms with Gasteiger partial charge in [-0.1, -0.05) is 41.4 Å². The molecule has 0 spiro atoms. The third kappa shape index (κ3) is 3.96. The van der Waals surface area contributed by atoms with E-state index in [1.54, 1.807) is 18.2 Å². The summed E-state index contributed by atoms with van der Waals surface area (Å²) in [6, 6.07) is 12.7. The standard InChI is InChI=1S/C25H18ClF2NO4/c1-13-4-3-5-14(10-13)22-21(23(30)15-6-8-17(26)20(11-15)33-2)24(31)25(32)29(22)19-12-16(27)7-9-18(19)28/h3-12,22,30H,1-2H3/b23-21+. The number of amides is 1. The summed E-state index contributed by atoms with van der Waals surface area (Å²) in [5.41, 5.74) is 0.757. The second-order valence-corrected chi connectivity index (χ2v) is 7.94. The van der Waals surface area contributed by atoms with E-state index in [0.29, 0.717) is 5.56 Å². The van der Waals surface area contributed by atoms with E-state index in [4.69, 9.17) is 16.3 Å². The first-order chi connectivity index (χ1) is 15.7. The third-order valence-corrected chi connectivity index (χ3v) is 5.71. The Morgan fingerprint density at radius 1 is 1.06 bits per heavy atom. The molecule has 1 saturated heterocycles. The van der Waals surface area contributed by atoms with Crippen LogP contribution in [0.5, 0.6) is 5.75 Å². The third-order valence-electron chi connectivity index (χ3n) is 5.39. The number of aliphatic hydroxyl groups excluding tert-OH is 1. The van der Waals surface area contributed by atoms with E-state index in [1.807, 2.05) is 13.0 Å². The molecule has 1 heterocycles. The molecule has 1 atom stereocenters. The van der Waals surface area contributed by atoms with Crippen LogP contribution in [0.2, 0.25) is 5.02 Å². The largest absolute Gasteiger partial charge is 0.507 e. The van der Waals surface area contributed by atoms with Gasteiger partial charge in [0.1, 0.15) is 23.1 Å². The average Bonchev–Trinajstić information content (AvgIpc) is 3.06. The van der Waals surface area contributed by atoms with Crippen molar-refractivity contribution in [3.8, 4) is 5.75 Å². The van der Waals surface area contributed by atoms with Crippen molar-refractivity contribution in [2.24, 2.45) is 0 Å². The quantitative estimate of drug-likeness (QED) is 0.308. The van der Waals surface area contributed by atoms with Crippen molar-refractivity contribution in [3.63, 3.8) is 0 Å². The first kappa shape index (κ1) is 22.5. The summed E-state index contributed by atoms with van der Waals surface area (Å²) < 4.78 is 33.9. The minimum Gasteiger partial charge on any atom is -0.507 e. The van der Waals surface area contributed by atoms with Crippen LogP contribution >= 0.6 is 11.6 Å². The molecule has 1 N–H and O–H groups in total. The number of halogens is 3. The number of hydrogen-bond acceptors (Lipinski definition) is 4. The molecule has 0 bridgehead atoms. The van der Waals surface area contributed by atoms with Gasteiger partial charge in [-0.2, -0.15) is 0 Å². The number of aliphatic hydroxyl groups is 1. The van der Waals surface area contributed by atoms with E-state index in [9.17, 15) is 23.5 Å². The highest BCUT2D eigenvalue weighted by Crippen LogP contribution is 2.43. The second kappa shape index (κ2) is 8.67. The zero-order valence-corrected chi connectivity index (χ0v) is 18.4. The van der Waals surface area contributed by atoms with Gasteiger partial charge in [0.15, 0.2) is 0 Å². The summed E-state index contributed by atoms with van der Waals surface area (Å²) in [5, 5.41) is 11.4. The van der Waals surface area contributed by atoms with Crippen LogP contribution in [0, 0.1) is 18.6 Å². The van der Waals surface area contributed by atoms with E-state index in [0.717, 1.165) is 28.7 Å². The number of ether oxygens (including phenoxy) is 1. The van der Waals surface area contributed by atoms with Crippen molar-refractivity contribution < 1.29 is 28.2 Å². The van der Waals surface area contributed by atoms with Crippen LogP contribution in [-0.4, -0.2) is 23.9 Å². The van der Waals surface area contributed by atoms with Gasteiger partial charge < -0.3 is 9.84 Å². The smallest absolute Gasteiger partial charge is 0.300 e. The van der Waals surface area contributed by atoms with E-state index < -0.39 is 40.8 Å². The Balaban J connectivity index is 1.99. The van der Waals surface area contributed by atoms with Crippen molar-refractivity contribution in [2.45, 2.75) is 13.0 Å². The Morgan fingerprint density at radius 2 is 1.82 bits per heavy atom. The van der Waals surface area contributed by atoms with Gasteiger partial charge in [0.05, 0.1) is 29.4 Å². The molecule has 33 heavy (non-hydrogen) atoms. The van der Waals surface area contributed by atoms with Gasteiger partial charge in [0.25, 0.3) is 11.7 Å². The number of rotatable bonds is 4. The lowest BCUT2D eigenvalue weighted by molar-refractivity contribution is -0.132. The number of methoxy groups -OCH3 is 1. The van der Waals surface area contributed by atoms with Gasteiger partial charge in [0, 0.05) is 11.6 Å². The summed E-state index contributed by atoms with van der Waals surface area (Å²) in [6.45, 7) is 1.81. The zero-order chi connectivity index (χ0) is 23.9. The Labute approximate surface area is 193 Å². The SMILES string of the molecule is COc1cc(/C(O)=C2\C(=O)C(=O)N(c3cc(F)ccc3F)C2c2cccc(C)c2)ccc1Cl. The van der Waals surface area contributed by atoms with Crippen LogP contribution in [0.3, 0.4) is 0 Å². The number of aryl methyl sites for hydroxylation is 1. The highest BCUT2D eigenvalue weighted by Gasteiger charge is 2.47. The summed E-state index contributed by atoms with van der Waals surface area (Å²) >= 11 is 6.06. The van der Waals surface area contributed by atoms with Gasteiger partial charge >= 0.3 is 0 Å². The molecule has 4 rings (SSSR count). The molecular weight excluding hydrogens is 452 g/mol. The maximum Gasteiger partial charge on any atom is 0.300 e. The summed E-state index contributed by atoms with van der Waals surface area (Å²) in [7, 11) is 1.39. The maximum atomic E-state index is 14.7. The normalized spacial score (nSPS) is 17.5. The first-order valence-corrected chi connectivity index (χ1v) is 10.3. The maximum absolute atomic E-state index is 14.7. The van der Waals surface area contributed by atoms with Crippen molar-refractivity contribution in [3.05, 3.63) is 99.6 Å². The molecule has 1 aliphatic heterocycles. The van der Waals surface area contributed by atoms with Gasteiger partial charge in [0.2, 0.25) is 0 Å². The van der Waals surface area contributed by atoms with E-state index in [-0.39, 0.29) is 21.9 Å². The van der Waals surface area contributed by atoms with Crippen LogP contribution in [0.1, 0.15) is 22.7 Å². The highest BCUT2D eigenvalue weighted by molar-refractivity contribution is 6.51. The summed E-state index contributed by atoms with van der Waals surface area (Å²) in [5.74, 6) is -4.03. The minimum atomic E-state index is -1.19. The number of nitrogens with zero attached hydrogens (tertiary/aromatic N) is 1. The molecule has 0 aromatic heterocycles. The van der Waals surface area contributed by atoms with Gasteiger partial charge in [-0.05, 0) is 42.8 Å². The number of ketones is 1. The lowest BCUT2D eigenvalue weighted by Crippen LogP contribution is -2.30. The fraction of sp³-hybridized carbons (Fsp3) is 0.120. The van der Waals surface area contributed by atoms with Gasteiger partial charge in [-0.25, -0.2) is 8.78 Å². The number of Topliss-reactive ketones (excluding diaryl/α,β-unsaturated/α-hetero) is 1. The Kier molecular flexibility index (Phi) is 5.91. The van der Waals surface area contributed by atoms with Gasteiger partial charge in [-0.15, -0.1) is 0 Å². The van der Waals surface area contributed by atoms with Crippen LogP contribution in [-0.2, 0) is 9.59 Å². The lowest BCUT2D eigenvalue weighted by Gasteiger charge is -2.26. The Bertz CT molecular complexity index is 1320. The molecule has 3 aromatic rings. The van der Waals surface area contributed by atoms with Gasteiger partial charge in [-0.3, -0.25) is 14.5 Å². The lowest BCUT2D eigenvalue weighted by atomic mass is 9.94. The molecule has 5 nitrogen and oxygen atoms in total. The Morgan fingerprint density at radius 3 is 2.52 bits per heavy atom. The van der Waals surface area contributed by atoms with Crippen LogP contribution in [0.15, 0.2) is 66.2 Å². The zero-order valence-electron chi connectivity index (χ0n) is 17.6. The van der Waals surface area contributed by atoms with Crippen molar-refractivity contribution in [2.75, 3.05) is 12.0 Å². The van der Waals surface area contributed by atoms with Crippen molar-refractivity contribution in [1.82, 2.24) is 0 Å². The highest BCUT2D eigenvalue weighted by atomic mass is 35.5. The predicted molar refractivity (Wildman–Crippen MR) is 120 cm³/mol. The molecule has 0 aliphatic carbocycles. The van der Waals surface area contributed by atoms with Crippen molar-refractivity contribution >= 4 is 34.7 Å². The molecule has 0 saturated carbocycles. The predicted octanol–water partition coefficient (Wildman–Crippen LogP) is 5.56. The number of hydrogen-bond donors (Lipinski definition) is 1. The van der Waals surface area contributed by atoms with E-state index in [1.165, 1.54) is 25.3 Å². The molecule has 1 fully saturated rings. The molecule has 168 valence electrons. The molecular formula is C25H18ClF2NO4. The molecule has 3 aromatic carbocycles. The fourth-order valence-electron chi connectivity index (χ4n) is 3.87. The van der Waals surface area contributed by atoms with E-state index in [2.05, 4.69) is 0 Å². The molecule has 1 aliphatic rings. The summed E-state index contributed by atoms with van der Waals surface area (Å²) in [6.07, 6.45) is 0. The topological polar surface area (TPSA) is 66.8 Å². The van der Waals surface area contributed by atoms with Crippen molar-refractivity contribution in [1.29, 1.82) is 0 Å². The van der Waals surface area contributed by atoms with Crippen LogP contribution in [0.4, 0.5) is 14.5 Å². The molecule has 0 radical (unpaired) electrons.